The van der Waals surface area contributed by atoms with Crippen LogP contribution in [0.1, 0.15) is 23.2 Å². The minimum Gasteiger partial charge on any atom is -0.381 e. The minimum absolute atomic E-state index is 0.0711. The topological polar surface area (TPSA) is 72.2 Å². The predicted molar refractivity (Wildman–Crippen MR) is 56.6 cm³/mol. The second-order valence-electron chi connectivity index (χ2n) is 3.80. The van der Waals surface area contributed by atoms with Gasteiger partial charge in [-0.25, -0.2) is 4.39 Å². The van der Waals surface area contributed by atoms with Crippen LogP contribution in [0.3, 0.4) is 0 Å². The number of primary amides is 1. The van der Waals surface area contributed by atoms with Gasteiger partial charge in [-0.3, -0.25) is 9.59 Å². The Morgan fingerprint density at radius 2 is 2.31 bits per heavy atom. The molecule has 5 heteroatoms. The van der Waals surface area contributed by atoms with Crippen LogP contribution in [0.15, 0.2) is 18.2 Å². The lowest BCUT2D eigenvalue weighted by atomic mass is 9.94. The molecule has 0 fully saturated rings. The molecule has 3 N–H and O–H groups in total. The number of rotatable bonds is 2. The quantitative estimate of drug-likeness (QED) is 0.786. The number of nitrogens with two attached hydrogens (primary N) is 1. The van der Waals surface area contributed by atoms with Gasteiger partial charge in [0.2, 0.25) is 5.91 Å². The van der Waals surface area contributed by atoms with E-state index in [2.05, 4.69) is 5.32 Å². The van der Waals surface area contributed by atoms with Crippen molar-refractivity contribution in [2.45, 2.75) is 18.9 Å². The standard InChI is InChI=1S/C11H11FN2O2/c12-7-2-1-3-8-11(7)9(15)4-6(14-8)5-10(13)16/h1-3,6,14H,4-5H2,(H2,13,16)/t6-/m1/s1. The summed E-state index contributed by atoms with van der Waals surface area (Å²) in [5.74, 6) is -1.31. The van der Waals surface area contributed by atoms with Crippen LogP contribution >= 0.6 is 0 Å². The third kappa shape index (κ3) is 1.88. The molecule has 16 heavy (non-hydrogen) atoms. The van der Waals surface area contributed by atoms with E-state index in [-0.39, 0.29) is 30.2 Å². The average molecular weight is 222 g/mol. The normalized spacial score (nSPS) is 18.8. The van der Waals surface area contributed by atoms with Gasteiger partial charge >= 0.3 is 0 Å². The molecule has 0 aromatic heterocycles. The average Bonchev–Trinajstić information content (AvgIpc) is 2.15. The minimum atomic E-state index is -0.535. The number of carbonyl (C=O) groups is 2. The van der Waals surface area contributed by atoms with Gasteiger partial charge in [0.1, 0.15) is 5.82 Å². The molecule has 0 radical (unpaired) electrons. The highest BCUT2D eigenvalue weighted by Gasteiger charge is 2.27. The molecule has 0 saturated carbocycles. The van der Waals surface area contributed by atoms with Gasteiger partial charge in [0.15, 0.2) is 5.78 Å². The first-order valence-corrected chi connectivity index (χ1v) is 4.94. The fourth-order valence-electron chi connectivity index (χ4n) is 1.89. The van der Waals surface area contributed by atoms with E-state index < -0.39 is 11.7 Å². The van der Waals surface area contributed by atoms with Gasteiger partial charge in [-0.15, -0.1) is 0 Å². The largest absolute Gasteiger partial charge is 0.381 e. The number of nitrogens with one attached hydrogen (secondary N) is 1. The number of Topliss-reactive ketones (excluding diaryl/α,β-unsaturated/α-hetero) is 1. The molecule has 2 rings (SSSR count). The number of amides is 1. The summed E-state index contributed by atoms with van der Waals surface area (Å²) >= 11 is 0. The number of anilines is 1. The highest BCUT2D eigenvalue weighted by atomic mass is 19.1. The molecular weight excluding hydrogens is 211 g/mol. The summed E-state index contributed by atoms with van der Waals surface area (Å²) in [6.07, 6.45) is 0.165. The molecule has 1 atom stereocenters. The van der Waals surface area contributed by atoms with Crippen molar-refractivity contribution in [1.82, 2.24) is 0 Å². The van der Waals surface area contributed by atoms with E-state index in [1.165, 1.54) is 12.1 Å². The molecule has 1 aliphatic rings. The van der Waals surface area contributed by atoms with Crippen LogP contribution < -0.4 is 11.1 Å². The van der Waals surface area contributed by atoms with Crippen molar-refractivity contribution in [3.05, 3.63) is 29.6 Å². The maximum Gasteiger partial charge on any atom is 0.219 e. The number of hydrogen-bond donors (Lipinski definition) is 2. The van der Waals surface area contributed by atoms with Gasteiger partial charge in [0, 0.05) is 24.6 Å². The monoisotopic (exact) mass is 222 g/mol. The fraction of sp³-hybridized carbons (Fsp3) is 0.273. The van der Waals surface area contributed by atoms with Gasteiger partial charge in [-0.2, -0.15) is 0 Å². The Bertz CT molecular complexity index is 459. The Kier molecular flexibility index (Phi) is 2.60. The summed E-state index contributed by atoms with van der Waals surface area (Å²) < 4.78 is 13.4. The second-order valence-corrected chi connectivity index (χ2v) is 3.80. The molecule has 0 spiro atoms. The summed E-state index contributed by atoms with van der Waals surface area (Å²) in [7, 11) is 0. The maximum absolute atomic E-state index is 13.4. The van der Waals surface area contributed by atoms with Crippen molar-refractivity contribution in [3.8, 4) is 0 Å². The summed E-state index contributed by atoms with van der Waals surface area (Å²) in [6.45, 7) is 0. The van der Waals surface area contributed by atoms with Crippen LogP contribution in [-0.2, 0) is 4.79 Å². The van der Waals surface area contributed by atoms with Gasteiger partial charge in [-0.1, -0.05) is 6.07 Å². The van der Waals surface area contributed by atoms with Gasteiger partial charge in [0.05, 0.1) is 5.56 Å². The first-order valence-electron chi connectivity index (χ1n) is 4.94. The molecule has 0 bridgehead atoms. The molecule has 1 amide bonds. The molecule has 4 nitrogen and oxygen atoms in total. The van der Waals surface area contributed by atoms with E-state index in [1.54, 1.807) is 6.07 Å². The first kappa shape index (κ1) is 10.6. The van der Waals surface area contributed by atoms with E-state index in [1.807, 2.05) is 0 Å². The summed E-state index contributed by atoms with van der Waals surface area (Å²) in [4.78, 5) is 22.4. The second kappa shape index (κ2) is 3.92. The van der Waals surface area contributed by atoms with Crippen molar-refractivity contribution in [2.24, 2.45) is 5.73 Å². The smallest absolute Gasteiger partial charge is 0.219 e. The summed E-state index contributed by atoms with van der Waals surface area (Å²) in [6, 6.07) is 4.04. The van der Waals surface area contributed by atoms with Crippen LogP contribution in [-0.4, -0.2) is 17.7 Å². The molecule has 0 saturated heterocycles. The first-order chi connectivity index (χ1) is 7.58. The van der Waals surface area contributed by atoms with E-state index in [4.69, 9.17) is 5.73 Å². The molecule has 1 aliphatic heterocycles. The van der Waals surface area contributed by atoms with E-state index in [0.29, 0.717) is 5.69 Å². The lowest BCUT2D eigenvalue weighted by Crippen LogP contribution is -2.33. The number of ketones is 1. The van der Waals surface area contributed by atoms with Gasteiger partial charge < -0.3 is 11.1 Å². The van der Waals surface area contributed by atoms with Crippen molar-refractivity contribution in [3.63, 3.8) is 0 Å². The number of hydrogen-bond acceptors (Lipinski definition) is 3. The molecule has 84 valence electrons. The highest BCUT2D eigenvalue weighted by Crippen LogP contribution is 2.27. The van der Waals surface area contributed by atoms with E-state index in [9.17, 15) is 14.0 Å². The number of fused-ring (bicyclic) bond motifs is 1. The molecular formula is C11H11FN2O2. The predicted octanol–water partition coefficient (Wildman–Crippen LogP) is 1.07. The fourth-order valence-corrected chi connectivity index (χ4v) is 1.89. The Morgan fingerprint density at radius 1 is 1.56 bits per heavy atom. The maximum atomic E-state index is 13.4. The highest BCUT2D eigenvalue weighted by molar-refractivity contribution is 6.04. The molecule has 0 unspecified atom stereocenters. The van der Waals surface area contributed by atoms with E-state index >= 15 is 0 Å². The lowest BCUT2D eigenvalue weighted by Gasteiger charge is -2.25. The van der Waals surface area contributed by atoms with Crippen LogP contribution in [0.2, 0.25) is 0 Å². The Morgan fingerprint density at radius 3 is 3.00 bits per heavy atom. The molecule has 0 aliphatic carbocycles. The zero-order valence-electron chi connectivity index (χ0n) is 8.50. The van der Waals surface area contributed by atoms with Gasteiger partial charge in [0.25, 0.3) is 0 Å². The van der Waals surface area contributed by atoms with Crippen LogP contribution in [0.4, 0.5) is 10.1 Å². The zero-order valence-corrected chi connectivity index (χ0v) is 8.50. The van der Waals surface area contributed by atoms with E-state index in [0.717, 1.165) is 0 Å². The van der Waals surface area contributed by atoms with Crippen LogP contribution in [0.5, 0.6) is 0 Å². The number of carbonyl (C=O) groups excluding carboxylic acids is 2. The number of halogens is 1. The Hall–Kier alpha value is -1.91. The van der Waals surface area contributed by atoms with Crippen molar-refractivity contribution in [2.75, 3.05) is 5.32 Å². The summed E-state index contributed by atoms with van der Waals surface area (Å²) in [5.41, 5.74) is 5.56. The van der Waals surface area contributed by atoms with Gasteiger partial charge in [-0.05, 0) is 12.1 Å². The third-order valence-electron chi connectivity index (χ3n) is 2.53. The Labute approximate surface area is 91.6 Å². The van der Waals surface area contributed by atoms with Crippen LogP contribution in [0, 0.1) is 5.82 Å². The summed E-state index contributed by atoms with van der Waals surface area (Å²) in [5, 5.41) is 2.94. The van der Waals surface area contributed by atoms with Crippen molar-refractivity contribution < 1.29 is 14.0 Å². The number of benzene rings is 1. The Balaban J connectivity index is 2.30. The molecule has 1 heterocycles. The third-order valence-corrected chi connectivity index (χ3v) is 2.53. The van der Waals surface area contributed by atoms with Crippen molar-refractivity contribution >= 4 is 17.4 Å². The molecule has 1 aromatic carbocycles. The molecule has 1 aromatic rings. The van der Waals surface area contributed by atoms with Crippen molar-refractivity contribution in [1.29, 1.82) is 0 Å². The SMILES string of the molecule is NC(=O)C[C@H]1CC(=O)c2c(F)cccc2N1. The lowest BCUT2D eigenvalue weighted by molar-refractivity contribution is -0.118. The van der Waals surface area contributed by atoms with Crippen LogP contribution in [0.25, 0.3) is 0 Å². The zero-order chi connectivity index (χ0) is 11.7.